The van der Waals surface area contributed by atoms with Crippen molar-refractivity contribution in [1.82, 2.24) is 19.7 Å². The Morgan fingerprint density at radius 2 is 1.81 bits per heavy atom. The lowest BCUT2D eigenvalue weighted by atomic mass is 10.0. The summed E-state index contributed by atoms with van der Waals surface area (Å²) in [7, 11) is -4.22. The zero-order valence-corrected chi connectivity index (χ0v) is 16.6. The van der Waals surface area contributed by atoms with Gasteiger partial charge < -0.3 is 5.32 Å². The Morgan fingerprint density at radius 1 is 1.06 bits per heavy atom. The average Bonchev–Trinajstić information content (AvgIpc) is 2.66. The highest BCUT2D eigenvalue weighted by Gasteiger charge is 2.32. The smallest absolute Gasteiger partial charge is 0.324 e. The molecule has 0 atom stereocenters. The summed E-state index contributed by atoms with van der Waals surface area (Å²) in [6.45, 7) is 1.78. The molecule has 0 aliphatic rings. The molecule has 162 valence electrons. The Bertz CT molecular complexity index is 1230. The van der Waals surface area contributed by atoms with Gasteiger partial charge in [-0.2, -0.15) is 21.6 Å². The minimum Gasteiger partial charge on any atom is -0.324 e. The fourth-order valence-corrected chi connectivity index (χ4v) is 2.97. The fraction of sp³-hybridized carbons (Fsp3) is 0.111. The molecule has 9 nitrogen and oxygen atoms in total. The maximum Gasteiger partial charge on any atom is 0.433 e. The number of alkyl halides is 3. The van der Waals surface area contributed by atoms with Crippen molar-refractivity contribution in [3.63, 3.8) is 0 Å². The lowest BCUT2D eigenvalue weighted by Gasteiger charge is -2.11. The van der Waals surface area contributed by atoms with E-state index in [-0.39, 0.29) is 11.6 Å². The molecule has 0 radical (unpaired) electrons. The molecule has 0 aliphatic heterocycles. The van der Waals surface area contributed by atoms with Crippen LogP contribution in [-0.2, 0) is 16.4 Å². The molecule has 0 saturated carbocycles. The van der Waals surface area contributed by atoms with E-state index in [0.717, 1.165) is 17.8 Å². The van der Waals surface area contributed by atoms with E-state index in [1.807, 2.05) is 0 Å². The minimum absolute atomic E-state index is 0.166. The molecule has 0 saturated heterocycles. The minimum atomic E-state index is -4.60. The highest BCUT2D eigenvalue weighted by Crippen LogP contribution is 2.29. The Hall–Kier alpha value is -3.58. The van der Waals surface area contributed by atoms with Gasteiger partial charge >= 0.3 is 6.18 Å². The van der Waals surface area contributed by atoms with Crippen LogP contribution in [0.4, 0.5) is 24.8 Å². The number of nitrogens with zero attached hydrogens (tertiary/aromatic N) is 3. The molecule has 3 aromatic rings. The number of amides is 1. The summed E-state index contributed by atoms with van der Waals surface area (Å²) in [5, 5.41) is 7.49. The molecule has 2 heterocycles. The first kappa shape index (κ1) is 22.1. The molecule has 2 aromatic heterocycles. The number of halogens is 3. The van der Waals surface area contributed by atoms with Gasteiger partial charge in [0.25, 0.3) is 16.1 Å². The van der Waals surface area contributed by atoms with Gasteiger partial charge in [-0.05, 0) is 42.3 Å². The maximum absolute atomic E-state index is 12.8. The SMILES string of the molecule is Cc1cc(Nc2nccc(C(F)(F)F)n2)cc(-c2ccc(C(=O)NS(N)(=O)=O)nc2)c1. The van der Waals surface area contributed by atoms with Crippen LogP contribution in [-0.4, -0.2) is 29.3 Å². The van der Waals surface area contributed by atoms with Crippen molar-refractivity contribution in [2.24, 2.45) is 5.14 Å². The van der Waals surface area contributed by atoms with Crippen LogP contribution in [0.25, 0.3) is 11.1 Å². The number of nitrogens with one attached hydrogen (secondary N) is 2. The zero-order chi connectivity index (χ0) is 22.8. The number of pyridine rings is 1. The Balaban J connectivity index is 1.85. The second-order valence-electron chi connectivity index (χ2n) is 6.38. The van der Waals surface area contributed by atoms with Gasteiger partial charge in [0.05, 0.1) is 0 Å². The van der Waals surface area contributed by atoms with Gasteiger partial charge in [0.15, 0.2) is 0 Å². The number of hydrogen-bond donors (Lipinski definition) is 3. The molecule has 1 aromatic carbocycles. The molecule has 0 bridgehead atoms. The molecule has 3 rings (SSSR count). The number of nitrogens with two attached hydrogens (primary N) is 1. The molecule has 1 amide bonds. The van der Waals surface area contributed by atoms with Crippen molar-refractivity contribution in [2.45, 2.75) is 13.1 Å². The summed E-state index contributed by atoms with van der Waals surface area (Å²) in [6, 6.07) is 8.73. The lowest BCUT2D eigenvalue weighted by molar-refractivity contribution is -0.141. The van der Waals surface area contributed by atoms with Gasteiger partial charge in [0.1, 0.15) is 11.4 Å². The van der Waals surface area contributed by atoms with Crippen molar-refractivity contribution in [3.8, 4) is 11.1 Å². The summed E-state index contributed by atoms with van der Waals surface area (Å²) in [5.74, 6) is -1.21. The summed E-state index contributed by atoms with van der Waals surface area (Å²) >= 11 is 0. The standard InChI is InChI=1S/C18H15F3N6O3S/c1-10-6-12(11-2-3-14(24-9-11)16(28)27-31(22,29)30)8-13(7-10)25-17-23-5-4-15(26-17)18(19,20)21/h2-9H,1H3,(H,27,28)(H2,22,29,30)(H,23,25,26). The quantitative estimate of drug-likeness (QED) is 0.540. The highest BCUT2D eigenvalue weighted by atomic mass is 32.2. The van der Waals surface area contributed by atoms with E-state index in [4.69, 9.17) is 5.14 Å². The van der Waals surface area contributed by atoms with Crippen LogP contribution in [0, 0.1) is 6.92 Å². The van der Waals surface area contributed by atoms with Crippen molar-refractivity contribution >= 4 is 27.8 Å². The van der Waals surface area contributed by atoms with Crippen LogP contribution in [0.1, 0.15) is 21.7 Å². The van der Waals surface area contributed by atoms with Gasteiger partial charge in [-0.25, -0.2) is 19.8 Å². The second-order valence-corrected chi connectivity index (χ2v) is 7.68. The molecular weight excluding hydrogens is 437 g/mol. The van der Waals surface area contributed by atoms with Crippen LogP contribution in [0.3, 0.4) is 0 Å². The number of rotatable bonds is 5. The Morgan fingerprint density at radius 3 is 2.42 bits per heavy atom. The van der Waals surface area contributed by atoms with Crippen molar-refractivity contribution in [2.75, 3.05) is 5.32 Å². The number of carbonyl (C=O) groups is 1. The number of benzene rings is 1. The van der Waals surface area contributed by atoms with Crippen LogP contribution < -0.4 is 15.2 Å². The Labute approximate surface area is 174 Å². The summed E-state index contributed by atoms with van der Waals surface area (Å²) in [4.78, 5) is 23.0. The first-order valence-corrected chi connectivity index (χ1v) is 10.1. The first-order chi connectivity index (χ1) is 14.4. The molecule has 0 fully saturated rings. The predicted molar refractivity (Wildman–Crippen MR) is 105 cm³/mol. The van der Waals surface area contributed by atoms with Crippen LogP contribution in [0.15, 0.2) is 48.8 Å². The second kappa shape index (κ2) is 8.28. The molecule has 0 aliphatic carbocycles. The summed E-state index contributed by atoms with van der Waals surface area (Å²) in [5.41, 5.74) is 1.19. The third-order valence-electron chi connectivity index (χ3n) is 3.84. The van der Waals surface area contributed by atoms with Gasteiger partial charge in [-0.1, -0.05) is 12.1 Å². The topological polar surface area (TPSA) is 140 Å². The van der Waals surface area contributed by atoms with Gasteiger partial charge in [0, 0.05) is 23.6 Å². The van der Waals surface area contributed by atoms with Crippen LogP contribution >= 0.6 is 0 Å². The summed E-state index contributed by atoms with van der Waals surface area (Å²) < 4.78 is 62.0. The van der Waals surface area contributed by atoms with E-state index in [1.54, 1.807) is 29.8 Å². The van der Waals surface area contributed by atoms with Gasteiger partial charge in [-0.3, -0.25) is 9.78 Å². The van der Waals surface area contributed by atoms with Gasteiger partial charge in [-0.15, -0.1) is 0 Å². The van der Waals surface area contributed by atoms with E-state index in [1.165, 1.54) is 18.3 Å². The van der Waals surface area contributed by atoms with Crippen LogP contribution in [0.2, 0.25) is 0 Å². The number of aromatic nitrogens is 3. The van der Waals surface area contributed by atoms with Crippen molar-refractivity contribution in [1.29, 1.82) is 0 Å². The maximum atomic E-state index is 12.8. The van der Waals surface area contributed by atoms with E-state index in [2.05, 4.69) is 20.3 Å². The van der Waals surface area contributed by atoms with Crippen LogP contribution in [0.5, 0.6) is 0 Å². The van der Waals surface area contributed by atoms with E-state index < -0.39 is 28.0 Å². The molecular formula is C18H15F3N6O3S. The van der Waals surface area contributed by atoms with E-state index in [0.29, 0.717) is 16.8 Å². The van der Waals surface area contributed by atoms with E-state index >= 15 is 0 Å². The monoisotopic (exact) mass is 452 g/mol. The van der Waals surface area contributed by atoms with Crippen molar-refractivity contribution < 1.29 is 26.4 Å². The first-order valence-electron chi connectivity index (χ1n) is 8.51. The number of hydrogen-bond acceptors (Lipinski definition) is 7. The molecule has 0 unspecified atom stereocenters. The van der Waals surface area contributed by atoms with Crippen molar-refractivity contribution in [3.05, 3.63) is 65.7 Å². The molecule has 13 heteroatoms. The lowest BCUT2D eigenvalue weighted by Crippen LogP contribution is -2.36. The number of carbonyl (C=O) groups excluding carboxylic acids is 1. The molecule has 0 spiro atoms. The average molecular weight is 452 g/mol. The molecule has 4 N–H and O–H groups in total. The third-order valence-corrected chi connectivity index (χ3v) is 4.31. The number of anilines is 2. The number of aryl methyl sites for hydroxylation is 1. The summed E-state index contributed by atoms with van der Waals surface area (Å²) in [6.07, 6.45) is -2.25. The third kappa shape index (κ3) is 5.96. The van der Waals surface area contributed by atoms with E-state index in [9.17, 15) is 26.4 Å². The highest BCUT2D eigenvalue weighted by molar-refractivity contribution is 7.87. The molecule has 31 heavy (non-hydrogen) atoms. The van der Waals surface area contributed by atoms with Gasteiger partial charge in [0.2, 0.25) is 5.95 Å². The normalized spacial score (nSPS) is 11.8. The Kier molecular flexibility index (Phi) is 5.90. The predicted octanol–water partition coefficient (Wildman–Crippen LogP) is 2.54. The largest absolute Gasteiger partial charge is 0.433 e. The zero-order valence-electron chi connectivity index (χ0n) is 15.8. The fourth-order valence-electron chi connectivity index (χ4n) is 2.61.